The Morgan fingerprint density at radius 1 is 1.53 bits per heavy atom. The standard InChI is InChI=1S/C9H8BrN5O2/c1-17-9(16)7-13-4-15(14-7)8-6(11)2-5(10)3-12-8/h2-4H,11H2,1H3. The summed E-state index contributed by atoms with van der Waals surface area (Å²) in [7, 11) is 1.26. The van der Waals surface area contributed by atoms with Gasteiger partial charge in [-0.05, 0) is 22.0 Å². The third kappa shape index (κ3) is 2.26. The molecule has 2 N–H and O–H groups in total. The Labute approximate surface area is 105 Å². The van der Waals surface area contributed by atoms with Crippen molar-refractivity contribution in [3.63, 3.8) is 0 Å². The Kier molecular flexibility index (Phi) is 3.05. The molecule has 0 aliphatic carbocycles. The van der Waals surface area contributed by atoms with E-state index in [1.807, 2.05) is 0 Å². The van der Waals surface area contributed by atoms with Crippen molar-refractivity contribution in [3.8, 4) is 5.82 Å². The number of ether oxygens (including phenoxy) is 1. The zero-order valence-electron chi connectivity index (χ0n) is 8.79. The van der Waals surface area contributed by atoms with Crippen molar-refractivity contribution in [2.45, 2.75) is 0 Å². The number of carbonyl (C=O) groups is 1. The Morgan fingerprint density at radius 2 is 2.29 bits per heavy atom. The molecule has 0 saturated heterocycles. The van der Waals surface area contributed by atoms with Crippen molar-refractivity contribution in [1.29, 1.82) is 0 Å². The average molecular weight is 298 g/mol. The molecule has 88 valence electrons. The van der Waals surface area contributed by atoms with Gasteiger partial charge in [0.05, 0.1) is 12.8 Å². The monoisotopic (exact) mass is 297 g/mol. The molecule has 0 bridgehead atoms. The Morgan fingerprint density at radius 3 is 2.94 bits per heavy atom. The summed E-state index contributed by atoms with van der Waals surface area (Å²) in [4.78, 5) is 19.1. The number of halogens is 1. The molecule has 17 heavy (non-hydrogen) atoms. The fraction of sp³-hybridized carbons (Fsp3) is 0.111. The minimum absolute atomic E-state index is 0.0448. The van der Waals surface area contributed by atoms with Gasteiger partial charge >= 0.3 is 5.97 Å². The maximum absolute atomic E-state index is 11.2. The summed E-state index contributed by atoms with van der Waals surface area (Å²) in [6.07, 6.45) is 2.92. The van der Waals surface area contributed by atoms with Gasteiger partial charge in [0.25, 0.3) is 5.82 Å². The van der Waals surface area contributed by atoms with Gasteiger partial charge in [-0.3, -0.25) is 0 Å². The van der Waals surface area contributed by atoms with Crippen LogP contribution in [0.3, 0.4) is 0 Å². The highest BCUT2D eigenvalue weighted by molar-refractivity contribution is 9.10. The number of hydrogen-bond donors (Lipinski definition) is 1. The molecular weight excluding hydrogens is 290 g/mol. The summed E-state index contributed by atoms with van der Waals surface area (Å²) >= 11 is 3.25. The summed E-state index contributed by atoms with van der Waals surface area (Å²) in [5.74, 6) is -0.257. The molecular formula is C9H8BrN5O2. The highest BCUT2D eigenvalue weighted by atomic mass is 79.9. The smallest absolute Gasteiger partial charge is 0.377 e. The van der Waals surface area contributed by atoms with Crippen LogP contribution in [0.15, 0.2) is 23.1 Å². The number of nitrogens with two attached hydrogens (primary N) is 1. The number of anilines is 1. The van der Waals surface area contributed by atoms with Crippen LogP contribution in [-0.2, 0) is 4.74 Å². The van der Waals surface area contributed by atoms with Crippen LogP contribution < -0.4 is 5.73 Å². The van der Waals surface area contributed by atoms with Crippen molar-refractivity contribution in [2.75, 3.05) is 12.8 Å². The van der Waals surface area contributed by atoms with Crippen LogP contribution in [0.4, 0.5) is 5.69 Å². The minimum Gasteiger partial charge on any atom is -0.463 e. The third-order valence-corrected chi connectivity index (χ3v) is 2.37. The molecule has 2 rings (SSSR count). The summed E-state index contributed by atoms with van der Waals surface area (Å²) in [6.45, 7) is 0. The second kappa shape index (κ2) is 4.50. The van der Waals surface area contributed by atoms with E-state index in [9.17, 15) is 4.79 Å². The van der Waals surface area contributed by atoms with E-state index in [0.717, 1.165) is 4.47 Å². The summed E-state index contributed by atoms with van der Waals surface area (Å²) in [6, 6.07) is 1.68. The lowest BCUT2D eigenvalue weighted by atomic mass is 10.4. The van der Waals surface area contributed by atoms with Crippen molar-refractivity contribution in [3.05, 3.63) is 28.9 Å². The van der Waals surface area contributed by atoms with E-state index in [0.29, 0.717) is 11.5 Å². The second-order valence-corrected chi connectivity index (χ2v) is 3.99. The minimum atomic E-state index is -0.612. The van der Waals surface area contributed by atoms with Crippen molar-refractivity contribution in [1.82, 2.24) is 19.7 Å². The topological polar surface area (TPSA) is 95.9 Å². The van der Waals surface area contributed by atoms with Crippen LogP contribution in [0, 0.1) is 0 Å². The molecule has 0 unspecified atom stereocenters. The first-order valence-electron chi connectivity index (χ1n) is 4.53. The Balaban J connectivity index is 2.40. The van der Waals surface area contributed by atoms with E-state index >= 15 is 0 Å². The number of pyridine rings is 1. The maximum atomic E-state index is 11.2. The highest BCUT2D eigenvalue weighted by Gasteiger charge is 2.13. The zero-order chi connectivity index (χ0) is 12.4. The zero-order valence-corrected chi connectivity index (χ0v) is 10.4. The van der Waals surface area contributed by atoms with Gasteiger partial charge in [-0.1, -0.05) is 0 Å². The number of carbonyl (C=O) groups excluding carboxylic acids is 1. The number of nitrogens with zero attached hydrogens (tertiary/aromatic N) is 4. The van der Waals surface area contributed by atoms with E-state index in [1.165, 1.54) is 18.1 Å². The molecule has 8 heteroatoms. The number of aromatic nitrogens is 4. The highest BCUT2D eigenvalue weighted by Crippen LogP contribution is 2.18. The fourth-order valence-electron chi connectivity index (χ4n) is 1.19. The van der Waals surface area contributed by atoms with Crippen LogP contribution in [0.1, 0.15) is 10.6 Å². The maximum Gasteiger partial charge on any atom is 0.377 e. The van der Waals surface area contributed by atoms with Gasteiger partial charge < -0.3 is 10.5 Å². The van der Waals surface area contributed by atoms with E-state index in [2.05, 4.69) is 35.7 Å². The summed E-state index contributed by atoms with van der Waals surface area (Å²) < 4.78 is 6.57. The number of rotatable bonds is 2. The number of hydrogen-bond acceptors (Lipinski definition) is 6. The van der Waals surface area contributed by atoms with Gasteiger partial charge in [-0.15, -0.1) is 5.10 Å². The number of methoxy groups -OCH3 is 1. The molecule has 7 nitrogen and oxygen atoms in total. The van der Waals surface area contributed by atoms with Crippen LogP contribution in [0.2, 0.25) is 0 Å². The molecule has 0 saturated carbocycles. The molecule has 0 fully saturated rings. The quantitative estimate of drug-likeness (QED) is 0.824. The lowest BCUT2D eigenvalue weighted by molar-refractivity contribution is 0.0587. The first kappa shape index (κ1) is 11.5. The van der Waals surface area contributed by atoms with Gasteiger partial charge in [0.1, 0.15) is 6.33 Å². The lowest BCUT2D eigenvalue weighted by Crippen LogP contribution is -2.07. The summed E-state index contributed by atoms with van der Waals surface area (Å²) in [5, 5.41) is 3.91. The molecule has 0 spiro atoms. The molecule has 0 amide bonds. The molecule has 0 aliphatic rings. The second-order valence-electron chi connectivity index (χ2n) is 3.07. The molecule has 0 radical (unpaired) electrons. The Hall–Kier alpha value is -1.96. The van der Waals surface area contributed by atoms with Gasteiger partial charge in [-0.25, -0.2) is 14.8 Å². The molecule has 0 aliphatic heterocycles. The molecule has 0 aromatic carbocycles. The van der Waals surface area contributed by atoms with E-state index < -0.39 is 5.97 Å². The van der Waals surface area contributed by atoms with Gasteiger partial charge in [-0.2, -0.15) is 4.68 Å². The molecule has 2 aromatic rings. The predicted octanol–water partition coefficient (Wildman–Crippen LogP) is 0.794. The van der Waals surface area contributed by atoms with Crippen molar-refractivity contribution >= 4 is 27.6 Å². The van der Waals surface area contributed by atoms with Crippen LogP contribution >= 0.6 is 15.9 Å². The predicted molar refractivity (Wildman–Crippen MR) is 62.6 cm³/mol. The van der Waals surface area contributed by atoms with Crippen LogP contribution in [-0.4, -0.2) is 32.8 Å². The van der Waals surface area contributed by atoms with Gasteiger partial charge in [0.2, 0.25) is 0 Å². The van der Waals surface area contributed by atoms with Crippen LogP contribution in [0.25, 0.3) is 5.82 Å². The normalized spacial score (nSPS) is 10.2. The fourth-order valence-corrected chi connectivity index (χ4v) is 1.54. The van der Waals surface area contributed by atoms with Gasteiger partial charge in [0.15, 0.2) is 5.82 Å². The van der Waals surface area contributed by atoms with Crippen molar-refractivity contribution in [2.24, 2.45) is 0 Å². The molecule has 2 aromatic heterocycles. The first-order valence-corrected chi connectivity index (χ1v) is 5.32. The van der Waals surface area contributed by atoms with E-state index in [1.54, 1.807) is 12.3 Å². The lowest BCUT2D eigenvalue weighted by Gasteiger charge is -2.03. The number of esters is 1. The molecule has 0 atom stereocenters. The number of nitrogen functional groups attached to an aromatic ring is 1. The van der Waals surface area contributed by atoms with E-state index in [-0.39, 0.29) is 5.82 Å². The molecule has 2 heterocycles. The van der Waals surface area contributed by atoms with Crippen LogP contribution in [0.5, 0.6) is 0 Å². The average Bonchev–Trinajstić information content (AvgIpc) is 2.77. The largest absolute Gasteiger partial charge is 0.463 e. The summed E-state index contributed by atoms with van der Waals surface area (Å²) in [5.41, 5.74) is 6.19. The van der Waals surface area contributed by atoms with Crippen molar-refractivity contribution < 1.29 is 9.53 Å². The van der Waals surface area contributed by atoms with Gasteiger partial charge in [0, 0.05) is 10.7 Å². The van der Waals surface area contributed by atoms with E-state index in [4.69, 9.17) is 5.73 Å². The first-order chi connectivity index (χ1) is 8.11. The third-order valence-electron chi connectivity index (χ3n) is 1.94. The SMILES string of the molecule is COC(=O)c1ncn(-c2ncc(Br)cc2N)n1. The Bertz CT molecular complexity index is 568.